The lowest BCUT2D eigenvalue weighted by molar-refractivity contribution is -0.161. The van der Waals surface area contributed by atoms with E-state index in [1.54, 1.807) is 0 Å². The number of phosphoric ester groups is 1. The molecule has 302 valence electrons. The minimum Gasteiger partial charge on any atom is -0.462 e. The summed E-state index contributed by atoms with van der Waals surface area (Å²) in [6.45, 7) is 3.47. The van der Waals surface area contributed by atoms with Crippen LogP contribution in [0.1, 0.15) is 142 Å². The Morgan fingerprint density at radius 3 is 1.62 bits per heavy atom. The minimum atomic E-state index is -4.40. The van der Waals surface area contributed by atoms with Crippen LogP contribution < -0.4 is 5.73 Å². The first-order valence-electron chi connectivity index (χ1n) is 20.1. The van der Waals surface area contributed by atoms with Gasteiger partial charge in [0.2, 0.25) is 0 Å². The third kappa shape index (κ3) is 38.7. The summed E-state index contributed by atoms with van der Waals surface area (Å²) in [6.07, 6.45) is 47.7. The second kappa shape index (κ2) is 38.9. The third-order valence-electron chi connectivity index (χ3n) is 7.78. The summed E-state index contributed by atoms with van der Waals surface area (Å²) in [6, 6.07) is 0. The summed E-state index contributed by atoms with van der Waals surface area (Å²) in [5.74, 6) is -0.947. The maximum atomic E-state index is 12.5. The van der Waals surface area contributed by atoms with Crippen molar-refractivity contribution >= 4 is 19.8 Å². The first-order chi connectivity index (χ1) is 25.8. The summed E-state index contributed by atoms with van der Waals surface area (Å²) in [5, 5.41) is 0. The van der Waals surface area contributed by atoms with Crippen LogP contribution in [0.15, 0.2) is 85.1 Å². The molecule has 9 nitrogen and oxygen atoms in total. The van der Waals surface area contributed by atoms with Gasteiger partial charge in [-0.25, -0.2) is 4.57 Å². The van der Waals surface area contributed by atoms with Crippen LogP contribution in [0.5, 0.6) is 0 Å². The quantitative estimate of drug-likeness (QED) is 0.0277. The van der Waals surface area contributed by atoms with Gasteiger partial charge in [0, 0.05) is 19.4 Å². The van der Waals surface area contributed by atoms with Gasteiger partial charge in [0.05, 0.1) is 13.2 Å². The Hall–Kier alpha value is -2.81. The van der Waals surface area contributed by atoms with Crippen LogP contribution in [0.3, 0.4) is 0 Å². The molecule has 2 atom stereocenters. The van der Waals surface area contributed by atoms with E-state index in [0.29, 0.717) is 12.8 Å². The van der Waals surface area contributed by atoms with Gasteiger partial charge in [-0.3, -0.25) is 18.6 Å². The molecular formula is C43H72NO8P. The zero-order valence-electron chi connectivity index (χ0n) is 33.0. The Bertz CT molecular complexity index is 1140. The van der Waals surface area contributed by atoms with Crippen LogP contribution in [0, 0.1) is 0 Å². The number of nitrogens with two attached hydrogens (primary N) is 1. The highest BCUT2D eigenvalue weighted by atomic mass is 31.2. The number of unbranched alkanes of at least 4 members (excludes halogenated alkanes) is 9. The van der Waals surface area contributed by atoms with E-state index in [1.165, 1.54) is 32.1 Å². The van der Waals surface area contributed by atoms with Gasteiger partial charge in [0.15, 0.2) is 6.10 Å². The molecule has 53 heavy (non-hydrogen) atoms. The van der Waals surface area contributed by atoms with E-state index in [9.17, 15) is 19.0 Å². The zero-order chi connectivity index (χ0) is 38.9. The Labute approximate surface area is 322 Å². The lowest BCUT2D eigenvalue weighted by Gasteiger charge is -2.19. The average molecular weight is 762 g/mol. The molecule has 1 unspecified atom stereocenters. The molecule has 0 fully saturated rings. The van der Waals surface area contributed by atoms with E-state index in [4.69, 9.17) is 24.3 Å². The molecule has 0 aliphatic carbocycles. The molecule has 0 aliphatic rings. The van der Waals surface area contributed by atoms with Gasteiger partial charge in [-0.15, -0.1) is 0 Å². The highest BCUT2D eigenvalue weighted by molar-refractivity contribution is 7.47. The number of rotatable bonds is 36. The largest absolute Gasteiger partial charge is 0.472 e. The molecule has 0 bridgehead atoms. The molecule has 0 radical (unpaired) electrons. The van der Waals surface area contributed by atoms with Crippen molar-refractivity contribution in [2.24, 2.45) is 5.73 Å². The first kappa shape index (κ1) is 50.2. The molecule has 0 heterocycles. The van der Waals surface area contributed by atoms with E-state index in [2.05, 4.69) is 86.8 Å². The maximum Gasteiger partial charge on any atom is 0.472 e. The van der Waals surface area contributed by atoms with Crippen LogP contribution in [0.2, 0.25) is 0 Å². The molecule has 0 saturated heterocycles. The Morgan fingerprint density at radius 1 is 0.585 bits per heavy atom. The van der Waals surface area contributed by atoms with Gasteiger partial charge in [-0.1, -0.05) is 137 Å². The van der Waals surface area contributed by atoms with Crippen LogP contribution in [-0.4, -0.2) is 49.3 Å². The number of allylic oxidation sites excluding steroid dienone is 14. The molecule has 0 amide bonds. The van der Waals surface area contributed by atoms with E-state index in [-0.39, 0.29) is 32.6 Å². The van der Waals surface area contributed by atoms with Gasteiger partial charge >= 0.3 is 19.8 Å². The molecule has 10 heteroatoms. The Morgan fingerprint density at radius 2 is 1.08 bits per heavy atom. The summed E-state index contributed by atoms with van der Waals surface area (Å²) >= 11 is 0. The van der Waals surface area contributed by atoms with Gasteiger partial charge in [-0.2, -0.15) is 0 Å². The summed E-state index contributed by atoms with van der Waals surface area (Å²) in [5.41, 5.74) is 5.33. The highest BCUT2D eigenvalue weighted by Gasteiger charge is 2.25. The lowest BCUT2D eigenvalue weighted by atomic mass is 10.1. The summed E-state index contributed by atoms with van der Waals surface area (Å²) in [4.78, 5) is 34.7. The summed E-state index contributed by atoms with van der Waals surface area (Å²) in [7, 11) is -4.40. The molecular weight excluding hydrogens is 689 g/mol. The molecule has 0 spiro atoms. The molecule has 0 aromatic rings. The van der Waals surface area contributed by atoms with Crippen molar-refractivity contribution in [3.05, 3.63) is 85.1 Å². The zero-order valence-corrected chi connectivity index (χ0v) is 33.9. The molecule has 0 aromatic heterocycles. The normalized spacial score (nSPS) is 14.3. The first-order valence-corrected chi connectivity index (χ1v) is 21.6. The highest BCUT2D eigenvalue weighted by Crippen LogP contribution is 2.43. The van der Waals surface area contributed by atoms with Crippen molar-refractivity contribution in [1.82, 2.24) is 0 Å². The third-order valence-corrected chi connectivity index (χ3v) is 8.76. The topological polar surface area (TPSA) is 134 Å². The van der Waals surface area contributed by atoms with E-state index < -0.39 is 32.5 Å². The number of carbonyl (C=O) groups excluding carboxylic acids is 2. The number of hydrogen-bond donors (Lipinski definition) is 2. The van der Waals surface area contributed by atoms with Crippen molar-refractivity contribution in [1.29, 1.82) is 0 Å². The SMILES string of the molecule is CC/C=C/C/C=C/C/C=C/C/C=C/C/C=C/C/C=C/CCC(=O)O[C@H](COC(=O)CCCCCCC/C=C/CCCCCC)COP(=O)(O)OCCN. The number of esters is 2. The fourth-order valence-electron chi connectivity index (χ4n) is 4.83. The van der Waals surface area contributed by atoms with Gasteiger partial charge in [-0.05, 0) is 77.0 Å². The van der Waals surface area contributed by atoms with Crippen molar-refractivity contribution < 1.29 is 37.6 Å². The number of phosphoric acid groups is 1. The molecule has 0 rings (SSSR count). The second-order valence-electron chi connectivity index (χ2n) is 12.8. The number of carbonyl (C=O) groups is 2. The Balaban J connectivity index is 4.37. The fourth-order valence-corrected chi connectivity index (χ4v) is 5.59. The van der Waals surface area contributed by atoms with E-state index in [0.717, 1.165) is 70.6 Å². The average Bonchev–Trinajstić information content (AvgIpc) is 3.14. The summed E-state index contributed by atoms with van der Waals surface area (Å²) < 4.78 is 32.6. The fraction of sp³-hybridized carbons (Fsp3) is 0.628. The predicted octanol–water partition coefficient (Wildman–Crippen LogP) is 11.3. The predicted molar refractivity (Wildman–Crippen MR) is 219 cm³/mol. The van der Waals surface area contributed by atoms with Crippen LogP contribution in [-0.2, 0) is 32.7 Å². The number of ether oxygens (including phenoxy) is 2. The van der Waals surface area contributed by atoms with Crippen LogP contribution in [0.4, 0.5) is 0 Å². The monoisotopic (exact) mass is 761 g/mol. The molecule has 0 aliphatic heterocycles. The van der Waals surface area contributed by atoms with Gasteiger partial charge in [0.1, 0.15) is 6.61 Å². The lowest BCUT2D eigenvalue weighted by Crippen LogP contribution is -2.29. The van der Waals surface area contributed by atoms with Crippen molar-refractivity contribution in [3.63, 3.8) is 0 Å². The molecule has 0 saturated carbocycles. The maximum absolute atomic E-state index is 12.5. The van der Waals surface area contributed by atoms with Crippen LogP contribution >= 0.6 is 7.82 Å². The molecule has 0 aromatic carbocycles. The molecule has 3 N–H and O–H groups in total. The smallest absolute Gasteiger partial charge is 0.462 e. The van der Waals surface area contributed by atoms with E-state index >= 15 is 0 Å². The minimum absolute atomic E-state index is 0.0365. The van der Waals surface area contributed by atoms with Crippen molar-refractivity contribution in [3.8, 4) is 0 Å². The van der Waals surface area contributed by atoms with Crippen molar-refractivity contribution in [2.75, 3.05) is 26.4 Å². The standard InChI is InChI=1S/C43H72NO8P/c1-3-5-7-9-11-13-15-17-18-19-20-21-22-24-26-28-30-32-34-36-43(46)52-41(40-51-53(47,48)50-38-37-44)39-49-42(45)35-33-31-29-27-25-23-16-14-12-10-8-6-4-2/h5,7,11,13-14,16-18,20-21,24,26,30,32,41H,3-4,6,8-10,12,15,19,22-23,25,27-29,31,33-40,44H2,1-2H3,(H,47,48)/b7-5+,13-11+,16-14+,18-17+,21-20+,26-24+,32-30+/t41-/m1/s1. The Kier molecular flexibility index (Phi) is 36.8. The van der Waals surface area contributed by atoms with Crippen LogP contribution in [0.25, 0.3) is 0 Å². The number of hydrogen-bond acceptors (Lipinski definition) is 8. The van der Waals surface area contributed by atoms with Gasteiger partial charge < -0.3 is 20.1 Å². The van der Waals surface area contributed by atoms with Gasteiger partial charge in [0.25, 0.3) is 0 Å². The van der Waals surface area contributed by atoms with Crippen molar-refractivity contribution in [2.45, 2.75) is 148 Å². The van der Waals surface area contributed by atoms with E-state index in [1.807, 2.05) is 12.2 Å². The second-order valence-corrected chi connectivity index (χ2v) is 14.2.